The summed E-state index contributed by atoms with van der Waals surface area (Å²) in [5, 5.41) is 20.3. The van der Waals surface area contributed by atoms with Crippen molar-refractivity contribution in [3.05, 3.63) is 39.7 Å². The molecule has 17 heavy (non-hydrogen) atoms. The first-order valence-corrected chi connectivity index (χ1v) is 5.25. The van der Waals surface area contributed by atoms with Crippen LogP contribution in [0.4, 0.5) is 10.1 Å². The summed E-state index contributed by atoms with van der Waals surface area (Å²) in [6.07, 6.45) is 0. The summed E-state index contributed by atoms with van der Waals surface area (Å²) >= 11 is 0. The van der Waals surface area contributed by atoms with Gasteiger partial charge >= 0.3 is 0 Å². The summed E-state index contributed by atoms with van der Waals surface area (Å²) in [5.41, 5.74) is -0.481. The fraction of sp³-hybridized carbons (Fsp3) is 0.455. The van der Waals surface area contributed by atoms with Crippen molar-refractivity contribution in [1.29, 1.82) is 0 Å². The van der Waals surface area contributed by atoms with Crippen molar-refractivity contribution < 1.29 is 14.4 Å². The van der Waals surface area contributed by atoms with Crippen molar-refractivity contribution in [3.63, 3.8) is 0 Å². The van der Waals surface area contributed by atoms with Crippen LogP contribution in [0.5, 0.6) is 0 Å². The summed E-state index contributed by atoms with van der Waals surface area (Å²) in [6.45, 7) is 2.87. The molecule has 0 unspecified atom stereocenters. The van der Waals surface area contributed by atoms with E-state index in [1.165, 1.54) is 12.1 Å². The lowest BCUT2D eigenvalue weighted by Crippen LogP contribution is -2.59. The number of hydrogen-bond donors (Lipinski definition) is 1. The Labute approximate surface area is 97.6 Å². The summed E-state index contributed by atoms with van der Waals surface area (Å²) in [7, 11) is 0. The molecule has 1 aliphatic heterocycles. The van der Waals surface area contributed by atoms with Gasteiger partial charge in [-0.25, -0.2) is 4.39 Å². The van der Waals surface area contributed by atoms with Gasteiger partial charge in [0.05, 0.1) is 10.5 Å². The molecule has 5 nitrogen and oxygen atoms in total. The minimum absolute atomic E-state index is 0.0852. The third-order valence-electron chi connectivity index (χ3n) is 2.76. The molecule has 0 bridgehead atoms. The highest BCUT2D eigenvalue weighted by molar-refractivity contribution is 5.40. The standard InChI is InChI=1S/C11H13FN2O3/c1-11(15)6-13(7-11)5-8-4-9(12)2-3-10(8)14(16)17/h2-4,15H,5-7H2,1H3. The number of hydrogen-bond acceptors (Lipinski definition) is 4. The summed E-state index contributed by atoms with van der Waals surface area (Å²) in [5.74, 6) is -0.488. The number of β-amino-alcohol motifs (C(OH)–C–C–N with tert-alkyl or cyclic N) is 1. The van der Waals surface area contributed by atoms with E-state index in [1.54, 1.807) is 6.92 Å². The molecule has 1 saturated heterocycles. The highest BCUT2D eigenvalue weighted by Gasteiger charge is 2.37. The molecule has 0 aliphatic carbocycles. The third kappa shape index (κ3) is 2.59. The number of nitrogens with zero attached hydrogens (tertiary/aromatic N) is 2. The molecule has 0 saturated carbocycles. The lowest BCUT2D eigenvalue weighted by Gasteiger charge is -2.44. The largest absolute Gasteiger partial charge is 0.388 e. The molecule has 1 aromatic carbocycles. The van der Waals surface area contributed by atoms with Crippen molar-refractivity contribution in [3.8, 4) is 0 Å². The number of rotatable bonds is 3. The lowest BCUT2D eigenvalue weighted by atomic mass is 9.96. The molecule has 0 amide bonds. The smallest absolute Gasteiger partial charge is 0.274 e. The first-order valence-electron chi connectivity index (χ1n) is 5.25. The number of nitro groups is 1. The maximum Gasteiger partial charge on any atom is 0.274 e. The van der Waals surface area contributed by atoms with Crippen molar-refractivity contribution in [2.75, 3.05) is 13.1 Å². The Kier molecular flexibility index (Phi) is 2.84. The zero-order valence-electron chi connectivity index (χ0n) is 9.39. The van der Waals surface area contributed by atoms with Crippen LogP contribution in [0.3, 0.4) is 0 Å². The van der Waals surface area contributed by atoms with E-state index >= 15 is 0 Å². The SMILES string of the molecule is CC1(O)CN(Cc2cc(F)ccc2[N+](=O)[O-])C1. The van der Waals surface area contributed by atoms with Crippen LogP contribution in [0.1, 0.15) is 12.5 Å². The van der Waals surface area contributed by atoms with Crippen molar-refractivity contribution in [1.82, 2.24) is 4.90 Å². The number of halogens is 1. The van der Waals surface area contributed by atoms with Gasteiger partial charge in [0, 0.05) is 31.3 Å². The van der Waals surface area contributed by atoms with Gasteiger partial charge in [-0.3, -0.25) is 15.0 Å². The average molecular weight is 240 g/mol. The maximum atomic E-state index is 13.0. The maximum absolute atomic E-state index is 13.0. The fourth-order valence-corrected chi connectivity index (χ4v) is 2.13. The molecule has 2 rings (SSSR count). The van der Waals surface area contributed by atoms with E-state index in [9.17, 15) is 19.6 Å². The van der Waals surface area contributed by atoms with Crippen LogP contribution in [0.25, 0.3) is 0 Å². The Morgan fingerprint density at radius 1 is 1.59 bits per heavy atom. The number of likely N-dealkylation sites (tertiary alicyclic amines) is 1. The molecule has 0 aromatic heterocycles. The normalized spacial score (nSPS) is 18.8. The predicted molar refractivity (Wildman–Crippen MR) is 59.0 cm³/mol. The van der Waals surface area contributed by atoms with Gasteiger partial charge in [-0.05, 0) is 19.1 Å². The van der Waals surface area contributed by atoms with Gasteiger partial charge in [-0.1, -0.05) is 0 Å². The predicted octanol–water partition coefficient (Wildman–Crippen LogP) is 1.30. The Bertz CT molecular complexity index is 454. The van der Waals surface area contributed by atoms with Crippen LogP contribution in [0, 0.1) is 15.9 Å². The van der Waals surface area contributed by atoms with Gasteiger partial charge in [-0.15, -0.1) is 0 Å². The van der Waals surface area contributed by atoms with E-state index in [0.29, 0.717) is 18.7 Å². The molecule has 1 N–H and O–H groups in total. The number of aliphatic hydroxyl groups is 1. The summed E-state index contributed by atoms with van der Waals surface area (Å²) in [4.78, 5) is 12.1. The molecule has 0 atom stereocenters. The highest BCUT2D eigenvalue weighted by Crippen LogP contribution is 2.26. The summed E-state index contributed by atoms with van der Waals surface area (Å²) < 4.78 is 13.0. The first-order chi connectivity index (χ1) is 7.87. The monoisotopic (exact) mass is 240 g/mol. The fourth-order valence-electron chi connectivity index (χ4n) is 2.13. The van der Waals surface area contributed by atoms with Crippen LogP contribution in [-0.4, -0.2) is 33.6 Å². The Morgan fingerprint density at radius 2 is 2.24 bits per heavy atom. The quantitative estimate of drug-likeness (QED) is 0.638. The van der Waals surface area contributed by atoms with Crippen LogP contribution < -0.4 is 0 Å². The van der Waals surface area contributed by atoms with Crippen molar-refractivity contribution >= 4 is 5.69 Å². The van der Waals surface area contributed by atoms with Gasteiger partial charge in [0.15, 0.2) is 0 Å². The Balaban J connectivity index is 2.15. The minimum Gasteiger partial charge on any atom is -0.388 e. The molecular weight excluding hydrogens is 227 g/mol. The second-order valence-electron chi connectivity index (χ2n) is 4.67. The number of benzene rings is 1. The molecule has 0 spiro atoms. The van der Waals surface area contributed by atoms with E-state index in [0.717, 1.165) is 6.07 Å². The Hall–Kier alpha value is -1.53. The van der Waals surface area contributed by atoms with Crippen LogP contribution in [0.2, 0.25) is 0 Å². The minimum atomic E-state index is -0.734. The second kappa shape index (κ2) is 4.05. The second-order valence-corrected chi connectivity index (χ2v) is 4.67. The van der Waals surface area contributed by atoms with E-state index in [4.69, 9.17) is 0 Å². The van der Waals surface area contributed by atoms with Gasteiger partial charge < -0.3 is 5.11 Å². The lowest BCUT2D eigenvalue weighted by molar-refractivity contribution is -0.385. The first kappa shape index (κ1) is 11.9. The van der Waals surface area contributed by atoms with Crippen molar-refractivity contribution in [2.45, 2.75) is 19.1 Å². The molecule has 1 aliphatic rings. The number of nitro benzene ring substituents is 1. The molecule has 92 valence electrons. The zero-order chi connectivity index (χ0) is 12.6. The topological polar surface area (TPSA) is 66.6 Å². The zero-order valence-corrected chi connectivity index (χ0v) is 9.39. The Morgan fingerprint density at radius 3 is 2.76 bits per heavy atom. The van der Waals surface area contributed by atoms with E-state index in [2.05, 4.69) is 0 Å². The van der Waals surface area contributed by atoms with Crippen LogP contribution >= 0.6 is 0 Å². The van der Waals surface area contributed by atoms with E-state index < -0.39 is 16.3 Å². The van der Waals surface area contributed by atoms with Crippen LogP contribution in [0.15, 0.2) is 18.2 Å². The highest BCUT2D eigenvalue weighted by atomic mass is 19.1. The van der Waals surface area contributed by atoms with Gasteiger partial charge in [-0.2, -0.15) is 0 Å². The molecule has 1 aromatic rings. The van der Waals surface area contributed by atoms with Crippen LogP contribution in [-0.2, 0) is 6.54 Å². The van der Waals surface area contributed by atoms with Gasteiger partial charge in [0.2, 0.25) is 0 Å². The molecule has 0 radical (unpaired) electrons. The van der Waals surface area contributed by atoms with Crippen molar-refractivity contribution in [2.24, 2.45) is 0 Å². The molecule has 1 fully saturated rings. The molecule has 1 heterocycles. The molecular formula is C11H13FN2O3. The van der Waals surface area contributed by atoms with E-state index in [-0.39, 0.29) is 12.2 Å². The van der Waals surface area contributed by atoms with Gasteiger partial charge in [0.25, 0.3) is 5.69 Å². The average Bonchev–Trinajstić information content (AvgIpc) is 2.14. The third-order valence-corrected chi connectivity index (χ3v) is 2.76. The molecule has 6 heteroatoms. The summed E-state index contributed by atoms with van der Waals surface area (Å²) in [6, 6.07) is 3.42. The van der Waals surface area contributed by atoms with Gasteiger partial charge in [0.1, 0.15) is 5.82 Å². The van der Waals surface area contributed by atoms with E-state index in [1.807, 2.05) is 4.90 Å².